The summed E-state index contributed by atoms with van der Waals surface area (Å²) in [6, 6.07) is 7.79. The summed E-state index contributed by atoms with van der Waals surface area (Å²) >= 11 is 0. The fourth-order valence-electron chi connectivity index (χ4n) is 2.41. The van der Waals surface area contributed by atoms with Crippen molar-refractivity contribution in [1.82, 2.24) is 4.90 Å². The molecule has 1 aromatic carbocycles. The zero-order valence-electron chi connectivity index (χ0n) is 12.8. The summed E-state index contributed by atoms with van der Waals surface area (Å²) < 4.78 is 5.12. The van der Waals surface area contributed by atoms with E-state index in [1.54, 1.807) is 7.11 Å². The van der Waals surface area contributed by atoms with Gasteiger partial charge in [-0.2, -0.15) is 0 Å². The van der Waals surface area contributed by atoms with Crippen LogP contribution in [0.25, 0.3) is 0 Å². The van der Waals surface area contributed by atoms with Gasteiger partial charge in [0.25, 0.3) is 0 Å². The van der Waals surface area contributed by atoms with Crippen molar-refractivity contribution < 1.29 is 9.53 Å². The van der Waals surface area contributed by atoms with Gasteiger partial charge in [0.15, 0.2) is 0 Å². The largest absolute Gasteiger partial charge is 0.399 e. The fourth-order valence-corrected chi connectivity index (χ4v) is 2.41. The van der Waals surface area contributed by atoms with Crippen LogP contribution < -0.4 is 5.73 Å². The van der Waals surface area contributed by atoms with E-state index in [0.29, 0.717) is 25.3 Å². The molecule has 0 radical (unpaired) electrons. The van der Waals surface area contributed by atoms with Crippen molar-refractivity contribution in [3.63, 3.8) is 0 Å². The maximum absolute atomic E-state index is 12.5. The number of methoxy groups -OCH3 is 1. The normalized spacial score (nSPS) is 10.8. The molecule has 0 aromatic heterocycles. The van der Waals surface area contributed by atoms with Crippen LogP contribution in [-0.2, 0) is 16.0 Å². The van der Waals surface area contributed by atoms with Crippen LogP contribution in [-0.4, -0.2) is 37.1 Å². The van der Waals surface area contributed by atoms with E-state index < -0.39 is 0 Å². The molecule has 0 aliphatic rings. The van der Waals surface area contributed by atoms with Crippen LogP contribution in [0.1, 0.15) is 32.3 Å². The molecule has 0 unspecified atom stereocenters. The highest BCUT2D eigenvalue weighted by Crippen LogP contribution is 2.13. The number of anilines is 1. The summed E-state index contributed by atoms with van der Waals surface area (Å²) in [6.07, 6.45) is 2.32. The quantitative estimate of drug-likeness (QED) is 0.743. The zero-order valence-corrected chi connectivity index (χ0v) is 12.8. The summed E-state index contributed by atoms with van der Waals surface area (Å²) in [5.74, 6) is 0.140. The maximum atomic E-state index is 12.5. The Morgan fingerprint density at radius 1 is 1.35 bits per heavy atom. The van der Waals surface area contributed by atoms with E-state index in [9.17, 15) is 4.79 Å². The van der Waals surface area contributed by atoms with Crippen LogP contribution in [0.4, 0.5) is 5.69 Å². The number of nitrogen functional groups attached to an aromatic ring is 1. The van der Waals surface area contributed by atoms with E-state index in [1.165, 1.54) is 0 Å². The van der Waals surface area contributed by atoms with Gasteiger partial charge in [-0.25, -0.2) is 0 Å². The number of rotatable bonds is 8. The summed E-state index contributed by atoms with van der Waals surface area (Å²) in [4.78, 5) is 14.5. The first-order valence-corrected chi connectivity index (χ1v) is 7.25. The molecule has 0 spiro atoms. The van der Waals surface area contributed by atoms with Gasteiger partial charge in [-0.05, 0) is 30.5 Å². The Morgan fingerprint density at radius 2 is 2.05 bits per heavy atom. The molecule has 0 saturated carbocycles. The van der Waals surface area contributed by atoms with E-state index in [1.807, 2.05) is 29.2 Å². The van der Waals surface area contributed by atoms with E-state index >= 15 is 0 Å². The lowest BCUT2D eigenvalue weighted by atomic mass is 10.1. The highest BCUT2D eigenvalue weighted by molar-refractivity contribution is 5.79. The molecular weight excluding hydrogens is 252 g/mol. The number of amides is 1. The minimum atomic E-state index is 0.140. The van der Waals surface area contributed by atoms with E-state index in [-0.39, 0.29) is 11.9 Å². The first-order chi connectivity index (χ1) is 9.62. The highest BCUT2D eigenvalue weighted by atomic mass is 16.5. The molecular formula is C16H26N2O2. The average molecular weight is 278 g/mol. The Morgan fingerprint density at radius 3 is 2.60 bits per heavy atom. The maximum Gasteiger partial charge on any atom is 0.227 e. The molecule has 4 nitrogen and oxygen atoms in total. The molecule has 0 aliphatic carbocycles. The van der Waals surface area contributed by atoms with Crippen molar-refractivity contribution in [2.45, 2.75) is 39.2 Å². The average Bonchev–Trinajstić information content (AvgIpc) is 2.43. The zero-order chi connectivity index (χ0) is 15.0. The van der Waals surface area contributed by atoms with Crippen molar-refractivity contribution in [2.24, 2.45) is 0 Å². The van der Waals surface area contributed by atoms with Gasteiger partial charge < -0.3 is 15.4 Å². The molecule has 0 saturated heterocycles. The second kappa shape index (κ2) is 8.59. The Hall–Kier alpha value is -1.55. The van der Waals surface area contributed by atoms with Crippen LogP contribution in [0.2, 0.25) is 0 Å². The van der Waals surface area contributed by atoms with Gasteiger partial charge in [0.2, 0.25) is 5.91 Å². The van der Waals surface area contributed by atoms with Gasteiger partial charge in [0.05, 0.1) is 13.0 Å². The van der Waals surface area contributed by atoms with Gasteiger partial charge in [-0.15, -0.1) is 0 Å². The van der Waals surface area contributed by atoms with E-state index in [4.69, 9.17) is 10.5 Å². The second-order valence-electron chi connectivity index (χ2n) is 4.97. The third-order valence-electron chi connectivity index (χ3n) is 3.55. The number of carbonyl (C=O) groups is 1. The number of hydrogen-bond donors (Lipinski definition) is 1. The monoisotopic (exact) mass is 278 g/mol. The number of nitrogens with zero attached hydrogens (tertiary/aromatic N) is 1. The molecule has 0 fully saturated rings. The predicted octanol–water partition coefficient (Wildman–Crippen LogP) is 2.47. The van der Waals surface area contributed by atoms with Gasteiger partial charge >= 0.3 is 0 Å². The summed E-state index contributed by atoms with van der Waals surface area (Å²) in [5.41, 5.74) is 7.41. The van der Waals surface area contributed by atoms with Gasteiger partial charge in [-0.1, -0.05) is 26.0 Å². The third kappa shape index (κ3) is 4.85. The first-order valence-electron chi connectivity index (χ1n) is 7.25. The molecule has 20 heavy (non-hydrogen) atoms. The topological polar surface area (TPSA) is 55.6 Å². The van der Waals surface area contributed by atoms with Crippen LogP contribution in [0.15, 0.2) is 24.3 Å². The van der Waals surface area contributed by atoms with Crippen molar-refractivity contribution in [1.29, 1.82) is 0 Å². The molecule has 4 heteroatoms. The third-order valence-corrected chi connectivity index (χ3v) is 3.55. The minimum absolute atomic E-state index is 0.140. The molecule has 2 N–H and O–H groups in total. The molecule has 1 aromatic rings. The fraction of sp³-hybridized carbons (Fsp3) is 0.562. The molecule has 0 aliphatic heterocycles. The lowest BCUT2D eigenvalue weighted by molar-refractivity contribution is -0.133. The van der Waals surface area contributed by atoms with E-state index in [2.05, 4.69) is 13.8 Å². The van der Waals surface area contributed by atoms with E-state index in [0.717, 1.165) is 18.4 Å². The molecule has 1 rings (SSSR count). The summed E-state index contributed by atoms with van der Waals surface area (Å²) in [7, 11) is 1.66. The standard InChI is InChI=1S/C16H26N2O2/c1-4-15(5-2)18(9-10-20-3)16(19)12-13-7-6-8-14(17)11-13/h6-8,11,15H,4-5,9-10,12,17H2,1-3H3. The summed E-state index contributed by atoms with van der Waals surface area (Å²) in [6.45, 7) is 5.44. The Labute approximate surface area is 121 Å². The van der Waals surface area contributed by atoms with Crippen molar-refractivity contribution >= 4 is 11.6 Å². The van der Waals surface area contributed by atoms with Crippen molar-refractivity contribution in [3.8, 4) is 0 Å². The van der Waals surface area contributed by atoms with Gasteiger partial charge in [0.1, 0.15) is 0 Å². The molecule has 112 valence electrons. The SMILES string of the molecule is CCC(CC)N(CCOC)C(=O)Cc1cccc(N)c1. The second-order valence-corrected chi connectivity index (χ2v) is 4.97. The van der Waals surface area contributed by atoms with Crippen LogP contribution in [0, 0.1) is 0 Å². The number of ether oxygens (including phenoxy) is 1. The van der Waals surface area contributed by atoms with Crippen molar-refractivity contribution in [3.05, 3.63) is 29.8 Å². The predicted molar refractivity (Wildman–Crippen MR) is 82.5 cm³/mol. The van der Waals surface area contributed by atoms with Gasteiger partial charge in [-0.3, -0.25) is 4.79 Å². The Balaban J connectivity index is 2.76. The number of benzene rings is 1. The van der Waals surface area contributed by atoms with Crippen LogP contribution in [0.3, 0.4) is 0 Å². The Kier molecular flexibility index (Phi) is 7.09. The molecule has 0 bridgehead atoms. The Bertz CT molecular complexity index is 417. The first kappa shape index (κ1) is 16.5. The molecule has 0 heterocycles. The lowest BCUT2D eigenvalue weighted by Crippen LogP contribution is -2.42. The summed E-state index contributed by atoms with van der Waals surface area (Å²) in [5, 5.41) is 0. The molecule has 1 amide bonds. The number of nitrogens with two attached hydrogens (primary N) is 1. The van der Waals surface area contributed by atoms with Crippen LogP contribution >= 0.6 is 0 Å². The smallest absolute Gasteiger partial charge is 0.227 e. The lowest BCUT2D eigenvalue weighted by Gasteiger charge is -2.30. The highest BCUT2D eigenvalue weighted by Gasteiger charge is 2.20. The minimum Gasteiger partial charge on any atom is -0.399 e. The van der Waals surface area contributed by atoms with Crippen LogP contribution in [0.5, 0.6) is 0 Å². The van der Waals surface area contributed by atoms with Gasteiger partial charge in [0, 0.05) is 25.4 Å². The molecule has 0 atom stereocenters. The number of hydrogen-bond acceptors (Lipinski definition) is 3. The van der Waals surface area contributed by atoms with Crippen molar-refractivity contribution in [2.75, 3.05) is 26.0 Å². The number of carbonyl (C=O) groups excluding carboxylic acids is 1.